The Balaban J connectivity index is 1.92. The summed E-state index contributed by atoms with van der Waals surface area (Å²) in [6, 6.07) is 0. The Bertz CT molecular complexity index is 224. The maximum Gasteiger partial charge on any atom is -0.0165 e. The first kappa shape index (κ1) is 6.05. The standard InChI is InChI=1S/C11H14/c1-3-8-7-9-4-2-6-11(9)10(8)5-1/h1-3,6,8-11H,4-5,7H2/t8-,9+,10+,11+/m0/s1. The molecule has 0 aromatic heterocycles. The molecule has 0 amide bonds. The van der Waals surface area contributed by atoms with E-state index >= 15 is 0 Å². The molecular formula is C11H14. The molecule has 0 bridgehead atoms. The monoisotopic (exact) mass is 146 g/mol. The lowest BCUT2D eigenvalue weighted by Crippen LogP contribution is -2.08. The minimum atomic E-state index is 0.954. The fourth-order valence-electron chi connectivity index (χ4n) is 3.24. The third kappa shape index (κ3) is 0.702. The molecular weight excluding hydrogens is 132 g/mol. The third-order valence-electron chi connectivity index (χ3n) is 3.75. The van der Waals surface area contributed by atoms with Crippen molar-refractivity contribution in [2.45, 2.75) is 19.3 Å². The van der Waals surface area contributed by atoms with E-state index in [0.29, 0.717) is 0 Å². The van der Waals surface area contributed by atoms with Gasteiger partial charge in [0.25, 0.3) is 0 Å². The fraction of sp³-hybridized carbons (Fsp3) is 0.636. The molecule has 0 aromatic rings. The first-order valence-electron chi connectivity index (χ1n) is 4.78. The lowest BCUT2D eigenvalue weighted by Gasteiger charge is -2.14. The number of hydrogen-bond donors (Lipinski definition) is 0. The van der Waals surface area contributed by atoms with Crippen molar-refractivity contribution in [3.05, 3.63) is 24.3 Å². The van der Waals surface area contributed by atoms with Gasteiger partial charge in [0.15, 0.2) is 0 Å². The second kappa shape index (κ2) is 2.00. The van der Waals surface area contributed by atoms with Crippen LogP contribution in [-0.4, -0.2) is 0 Å². The summed E-state index contributed by atoms with van der Waals surface area (Å²) in [5.74, 6) is 3.93. The van der Waals surface area contributed by atoms with Crippen LogP contribution < -0.4 is 0 Å². The smallest absolute Gasteiger partial charge is 0.0165 e. The van der Waals surface area contributed by atoms with Gasteiger partial charge in [0.1, 0.15) is 0 Å². The Hall–Kier alpha value is -0.520. The minimum Gasteiger partial charge on any atom is -0.0879 e. The highest BCUT2D eigenvalue weighted by molar-refractivity contribution is 5.16. The van der Waals surface area contributed by atoms with E-state index in [1.807, 2.05) is 0 Å². The highest BCUT2D eigenvalue weighted by atomic mass is 14.5. The molecule has 4 atom stereocenters. The van der Waals surface area contributed by atoms with Gasteiger partial charge >= 0.3 is 0 Å². The molecule has 0 unspecified atom stereocenters. The largest absolute Gasteiger partial charge is 0.0879 e. The molecule has 0 heterocycles. The number of fused-ring (bicyclic) bond motifs is 3. The van der Waals surface area contributed by atoms with Gasteiger partial charge in [0.05, 0.1) is 0 Å². The van der Waals surface area contributed by atoms with E-state index in [1.165, 1.54) is 19.3 Å². The molecule has 0 N–H and O–H groups in total. The Morgan fingerprint density at radius 3 is 2.91 bits per heavy atom. The summed E-state index contributed by atoms with van der Waals surface area (Å²) in [6.07, 6.45) is 13.9. The molecule has 0 aliphatic heterocycles. The molecule has 58 valence electrons. The predicted octanol–water partition coefficient (Wildman–Crippen LogP) is 2.77. The highest BCUT2D eigenvalue weighted by Crippen LogP contribution is 2.51. The first-order valence-corrected chi connectivity index (χ1v) is 4.78. The number of allylic oxidation sites excluding steroid dienone is 4. The van der Waals surface area contributed by atoms with Gasteiger partial charge in [-0.05, 0) is 42.9 Å². The molecule has 3 rings (SSSR count). The van der Waals surface area contributed by atoms with Gasteiger partial charge in [0, 0.05) is 0 Å². The van der Waals surface area contributed by atoms with Crippen LogP contribution in [0.1, 0.15) is 19.3 Å². The lowest BCUT2D eigenvalue weighted by atomic mass is 9.90. The van der Waals surface area contributed by atoms with Crippen LogP contribution in [0.2, 0.25) is 0 Å². The van der Waals surface area contributed by atoms with Crippen LogP contribution in [0.15, 0.2) is 24.3 Å². The zero-order valence-electron chi connectivity index (χ0n) is 6.74. The average molecular weight is 146 g/mol. The molecule has 3 aliphatic carbocycles. The van der Waals surface area contributed by atoms with Crippen LogP contribution in [0.5, 0.6) is 0 Å². The van der Waals surface area contributed by atoms with E-state index in [2.05, 4.69) is 24.3 Å². The molecule has 0 saturated heterocycles. The normalized spacial score (nSPS) is 51.6. The molecule has 1 saturated carbocycles. The molecule has 0 nitrogen and oxygen atoms in total. The van der Waals surface area contributed by atoms with Crippen molar-refractivity contribution in [2.75, 3.05) is 0 Å². The second-order valence-electron chi connectivity index (χ2n) is 4.23. The summed E-state index contributed by atoms with van der Waals surface area (Å²) in [4.78, 5) is 0. The van der Waals surface area contributed by atoms with Gasteiger partial charge in [0.2, 0.25) is 0 Å². The maximum atomic E-state index is 2.47. The van der Waals surface area contributed by atoms with Crippen LogP contribution in [0.3, 0.4) is 0 Å². The lowest BCUT2D eigenvalue weighted by molar-refractivity contribution is 0.396. The fourth-order valence-corrected chi connectivity index (χ4v) is 3.24. The molecule has 0 aromatic carbocycles. The van der Waals surface area contributed by atoms with Crippen molar-refractivity contribution in [3.63, 3.8) is 0 Å². The van der Waals surface area contributed by atoms with Crippen molar-refractivity contribution in [1.29, 1.82) is 0 Å². The SMILES string of the molecule is C1=C[C@@H]2[C@H](C1)C[C@@H]1C=CC[C@@H]21. The first-order chi connectivity index (χ1) is 5.45. The van der Waals surface area contributed by atoms with Gasteiger partial charge < -0.3 is 0 Å². The van der Waals surface area contributed by atoms with Gasteiger partial charge in [-0.15, -0.1) is 0 Å². The Morgan fingerprint density at radius 2 is 1.91 bits per heavy atom. The van der Waals surface area contributed by atoms with Crippen LogP contribution in [0.4, 0.5) is 0 Å². The number of hydrogen-bond acceptors (Lipinski definition) is 0. The third-order valence-corrected chi connectivity index (χ3v) is 3.75. The van der Waals surface area contributed by atoms with Crippen LogP contribution in [0, 0.1) is 23.7 Å². The van der Waals surface area contributed by atoms with E-state index in [-0.39, 0.29) is 0 Å². The van der Waals surface area contributed by atoms with Gasteiger partial charge in [-0.25, -0.2) is 0 Å². The summed E-state index contributed by atoms with van der Waals surface area (Å²) in [5.41, 5.74) is 0. The van der Waals surface area contributed by atoms with Crippen LogP contribution in [0.25, 0.3) is 0 Å². The maximum absolute atomic E-state index is 2.47. The van der Waals surface area contributed by atoms with E-state index in [4.69, 9.17) is 0 Å². The molecule has 3 aliphatic rings. The van der Waals surface area contributed by atoms with Crippen molar-refractivity contribution in [2.24, 2.45) is 23.7 Å². The van der Waals surface area contributed by atoms with E-state index < -0.39 is 0 Å². The molecule has 0 spiro atoms. The summed E-state index contributed by atoms with van der Waals surface area (Å²) in [7, 11) is 0. The molecule has 11 heavy (non-hydrogen) atoms. The van der Waals surface area contributed by atoms with E-state index in [9.17, 15) is 0 Å². The van der Waals surface area contributed by atoms with E-state index in [0.717, 1.165) is 23.7 Å². The van der Waals surface area contributed by atoms with Crippen molar-refractivity contribution in [1.82, 2.24) is 0 Å². The number of rotatable bonds is 0. The summed E-state index contributed by atoms with van der Waals surface area (Å²) in [6.45, 7) is 0. The quantitative estimate of drug-likeness (QED) is 0.461. The minimum absolute atomic E-state index is 0.954. The van der Waals surface area contributed by atoms with Crippen molar-refractivity contribution < 1.29 is 0 Å². The molecule has 1 fully saturated rings. The highest BCUT2D eigenvalue weighted by Gasteiger charge is 2.42. The van der Waals surface area contributed by atoms with E-state index in [1.54, 1.807) is 0 Å². The zero-order valence-corrected chi connectivity index (χ0v) is 6.74. The van der Waals surface area contributed by atoms with Gasteiger partial charge in [-0.3, -0.25) is 0 Å². The Kier molecular flexibility index (Phi) is 1.10. The van der Waals surface area contributed by atoms with Gasteiger partial charge in [-0.2, -0.15) is 0 Å². The van der Waals surface area contributed by atoms with Crippen LogP contribution in [-0.2, 0) is 0 Å². The zero-order chi connectivity index (χ0) is 7.26. The summed E-state index contributed by atoms with van der Waals surface area (Å²) < 4.78 is 0. The summed E-state index contributed by atoms with van der Waals surface area (Å²) in [5, 5.41) is 0. The molecule has 0 heteroatoms. The Morgan fingerprint density at radius 1 is 1.00 bits per heavy atom. The van der Waals surface area contributed by atoms with Crippen LogP contribution >= 0.6 is 0 Å². The predicted molar refractivity (Wildman–Crippen MR) is 46.1 cm³/mol. The topological polar surface area (TPSA) is 0 Å². The van der Waals surface area contributed by atoms with Crippen molar-refractivity contribution >= 4 is 0 Å². The molecule has 0 radical (unpaired) electrons. The van der Waals surface area contributed by atoms with Crippen molar-refractivity contribution in [3.8, 4) is 0 Å². The Labute approximate surface area is 68.0 Å². The summed E-state index contributed by atoms with van der Waals surface area (Å²) >= 11 is 0. The second-order valence-corrected chi connectivity index (χ2v) is 4.23. The van der Waals surface area contributed by atoms with Gasteiger partial charge in [-0.1, -0.05) is 24.3 Å². The average Bonchev–Trinajstić information content (AvgIpc) is 2.52.